The molecule has 5 heteroatoms. The molecule has 3 rings (SSSR count). The molecule has 1 aliphatic rings. The van der Waals surface area contributed by atoms with Crippen molar-refractivity contribution < 1.29 is 4.79 Å². The first-order chi connectivity index (χ1) is 11.2. The van der Waals surface area contributed by atoms with E-state index in [9.17, 15) is 10.1 Å². The number of benzene rings is 2. The molecule has 0 saturated carbocycles. The van der Waals surface area contributed by atoms with Crippen molar-refractivity contribution in [2.75, 3.05) is 4.90 Å². The first-order valence-corrected chi connectivity index (χ1v) is 7.24. The second-order valence-electron chi connectivity index (χ2n) is 5.28. The van der Waals surface area contributed by atoms with Gasteiger partial charge in [0.25, 0.3) is 0 Å². The Balaban J connectivity index is 2.19. The lowest BCUT2D eigenvalue weighted by Crippen LogP contribution is -2.37. The number of anilines is 1. The molecule has 0 spiro atoms. The fraction of sp³-hybridized carbons (Fsp3) is 0.111. The molecule has 0 amide bonds. The van der Waals surface area contributed by atoms with Crippen LogP contribution in [0.2, 0.25) is 0 Å². The quantitative estimate of drug-likeness (QED) is 0.846. The van der Waals surface area contributed by atoms with E-state index in [1.54, 1.807) is 4.90 Å². The summed E-state index contributed by atoms with van der Waals surface area (Å²) in [5.74, 6) is 0.281. The van der Waals surface area contributed by atoms with Gasteiger partial charge < -0.3 is 21.2 Å². The minimum atomic E-state index is -0.563. The maximum absolute atomic E-state index is 11.7. The fourth-order valence-corrected chi connectivity index (χ4v) is 2.87. The summed E-state index contributed by atoms with van der Waals surface area (Å²) in [5, 5.41) is 9.49. The summed E-state index contributed by atoms with van der Waals surface area (Å²) in [7, 11) is 0. The highest BCUT2D eigenvalue weighted by Gasteiger charge is 2.32. The number of fused-ring (bicyclic) bond motifs is 1. The monoisotopic (exact) mass is 304 g/mol. The molecule has 0 radical (unpaired) electrons. The van der Waals surface area contributed by atoms with Crippen molar-refractivity contribution in [1.29, 1.82) is 5.26 Å². The Hall–Kier alpha value is -3.10. The Morgan fingerprint density at radius 2 is 1.87 bits per heavy atom. The Morgan fingerprint density at radius 1 is 1.17 bits per heavy atom. The molecule has 1 aliphatic heterocycles. The van der Waals surface area contributed by atoms with Crippen molar-refractivity contribution in [3.8, 4) is 6.07 Å². The Labute approximate surface area is 134 Å². The number of nitrogens with two attached hydrogens (primary N) is 2. The smallest absolute Gasteiger partial charge is 0.147 e. The molecule has 2 aromatic rings. The molecule has 0 bridgehead atoms. The van der Waals surface area contributed by atoms with Gasteiger partial charge in [0.2, 0.25) is 0 Å². The van der Waals surface area contributed by atoms with E-state index >= 15 is 0 Å². The van der Waals surface area contributed by atoms with Gasteiger partial charge in [-0.05, 0) is 23.3 Å². The summed E-state index contributed by atoms with van der Waals surface area (Å²) in [6, 6.07) is 16.4. The number of hydrogen-bond acceptors (Lipinski definition) is 5. The van der Waals surface area contributed by atoms with E-state index in [1.165, 1.54) is 0 Å². The van der Waals surface area contributed by atoms with Crippen LogP contribution in [0.5, 0.6) is 0 Å². The van der Waals surface area contributed by atoms with E-state index in [0.717, 1.165) is 23.1 Å². The number of rotatable bonds is 3. The second-order valence-corrected chi connectivity index (χ2v) is 5.28. The molecule has 0 fully saturated rings. The zero-order chi connectivity index (χ0) is 16.4. The highest BCUT2D eigenvalue weighted by molar-refractivity contribution is 5.90. The van der Waals surface area contributed by atoms with E-state index in [1.807, 2.05) is 48.5 Å². The van der Waals surface area contributed by atoms with E-state index in [2.05, 4.69) is 6.07 Å². The minimum absolute atomic E-state index is 0.281. The van der Waals surface area contributed by atoms with Crippen LogP contribution in [0.25, 0.3) is 5.57 Å². The predicted molar refractivity (Wildman–Crippen MR) is 88.8 cm³/mol. The van der Waals surface area contributed by atoms with Gasteiger partial charge in [-0.2, -0.15) is 5.26 Å². The lowest BCUT2D eigenvalue weighted by Gasteiger charge is -2.36. The number of nitrogens with zero attached hydrogens (tertiary/aromatic N) is 2. The fourth-order valence-electron chi connectivity index (χ4n) is 2.87. The molecule has 2 aromatic carbocycles. The van der Waals surface area contributed by atoms with Crippen molar-refractivity contribution in [3.05, 3.63) is 71.0 Å². The molecule has 1 unspecified atom stereocenters. The van der Waals surface area contributed by atoms with Crippen LogP contribution in [0.15, 0.2) is 54.4 Å². The van der Waals surface area contributed by atoms with Gasteiger partial charge in [0.1, 0.15) is 24.2 Å². The molecule has 0 saturated heterocycles. The number of nitriles is 1. The van der Waals surface area contributed by atoms with Crippen molar-refractivity contribution in [1.82, 2.24) is 0 Å². The predicted octanol–water partition coefficient (Wildman–Crippen LogP) is 2.06. The zero-order valence-corrected chi connectivity index (χ0v) is 12.4. The van der Waals surface area contributed by atoms with Gasteiger partial charge in [0.05, 0.1) is 5.57 Å². The molecule has 1 atom stereocenters. The van der Waals surface area contributed by atoms with Crippen LogP contribution in [0.1, 0.15) is 22.7 Å². The van der Waals surface area contributed by atoms with Crippen LogP contribution in [0, 0.1) is 11.3 Å². The molecule has 1 heterocycles. The number of carbonyl (C=O) groups is 1. The number of allylic oxidation sites excluding steroid dienone is 1. The van der Waals surface area contributed by atoms with E-state index < -0.39 is 6.04 Å². The third-order valence-corrected chi connectivity index (χ3v) is 4.03. The number of carbonyl (C=O) groups excluding carboxylic acids is 1. The summed E-state index contributed by atoms with van der Waals surface area (Å²) in [5.41, 5.74) is 15.4. The van der Waals surface area contributed by atoms with Crippen LogP contribution in [0.3, 0.4) is 0 Å². The van der Waals surface area contributed by atoms with Gasteiger partial charge in [0, 0.05) is 17.8 Å². The maximum Gasteiger partial charge on any atom is 0.147 e. The van der Waals surface area contributed by atoms with Gasteiger partial charge in [-0.1, -0.05) is 36.4 Å². The Morgan fingerprint density at radius 3 is 2.48 bits per heavy atom. The van der Waals surface area contributed by atoms with Crippen LogP contribution in [-0.2, 0) is 11.3 Å². The second kappa shape index (κ2) is 5.95. The summed E-state index contributed by atoms with van der Waals surface area (Å²) < 4.78 is 0. The van der Waals surface area contributed by atoms with Gasteiger partial charge in [-0.15, -0.1) is 0 Å². The van der Waals surface area contributed by atoms with Gasteiger partial charge >= 0.3 is 0 Å². The molecule has 5 nitrogen and oxygen atoms in total. The largest absolute Gasteiger partial charge is 0.384 e. The lowest BCUT2D eigenvalue weighted by atomic mass is 9.90. The lowest BCUT2D eigenvalue weighted by molar-refractivity contribution is -0.109. The van der Waals surface area contributed by atoms with Crippen molar-refractivity contribution in [2.45, 2.75) is 12.6 Å². The van der Waals surface area contributed by atoms with Crippen LogP contribution >= 0.6 is 0 Å². The first-order valence-electron chi connectivity index (χ1n) is 7.24. The topological polar surface area (TPSA) is 96.1 Å². The molecule has 0 aliphatic carbocycles. The highest BCUT2D eigenvalue weighted by Crippen LogP contribution is 2.39. The van der Waals surface area contributed by atoms with Crippen LogP contribution in [0.4, 0.5) is 5.69 Å². The van der Waals surface area contributed by atoms with E-state index in [4.69, 9.17) is 11.5 Å². The van der Waals surface area contributed by atoms with Crippen molar-refractivity contribution >= 4 is 17.5 Å². The zero-order valence-electron chi connectivity index (χ0n) is 12.4. The average Bonchev–Trinajstić information content (AvgIpc) is 2.61. The third-order valence-electron chi connectivity index (χ3n) is 4.03. The minimum Gasteiger partial charge on any atom is -0.384 e. The first kappa shape index (κ1) is 14.8. The summed E-state index contributed by atoms with van der Waals surface area (Å²) in [6.45, 7) is 0.439. The molecule has 114 valence electrons. The van der Waals surface area contributed by atoms with E-state index in [-0.39, 0.29) is 5.82 Å². The molecule has 23 heavy (non-hydrogen) atoms. The van der Waals surface area contributed by atoms with Gasteiger partial charge in [0.15, 0.2) is 0 Å². The van der Waals surface area contributed by atoms with Gasteiger partial charge in [-0.3, -0.25) is 0 Å². The highest BCUT2D eigenvalue weighted by atomic mass is 16.1. The number of aldehydes is 1. The maximum atomic E-state index is 11.7. The summed E-state index contributed by atoms with van der Waals surface area (Å²) >= 11 is 0. The Bertz CT molecular complexity index is 818. The van der Waals surface area contributed by atoms with E-state index in [0.29, 0.717) is 17.7 Å². The normalized spacial score (nSPS) is 16.7. The third kappa shape index (κ3) is 2.35. The van der Waals surface area contributed by atoms with Gasteiger partial charge in [-0.25, -0.2) is 0 Å². The molecular formula is C18H16N4O. The van der Waals surface area contributed by atoms with Crippen molar-refractivity contribution in [3.63, 3.8) is 0 Å². The summed E-state index contributed by atoms with van der Waals surface area (Å²) in [4.78, 5) is 13.4. The molecule has 0 aromatic heterocycles. The summed E-state index contributed by atoms with van der Waals surface area (Å²) in [6.07, 6.45) is 0.844. The SMILES string of the molecule is N#CC1=C(N)N(c2ccc(CN)cc2)C(C=O)c2ccccc21. The standard InChI is InChI=1S/C18H16N4O/c19-9-12-5-7-13(8-6-12)22-17(11-23)15-4-2-1-3-14(15)16(10-20)18(22)21/h1-8,11,17H,9,19,21H2. The Kier molecular flexibility index (Phi) is 3.83. The number of hydrogen-bond donors (Lipinski definition) is 2. The van der Waals surface area contributed by atoms with Crippen LogP contribution < -0.4 is 16.4 Å². The van der Waals surface area contributed by atoms with Crippen molar-refractivity contribution in [2.24, 2.45) is 11.5 Å². The molecular weight excluding hydrogens is 288 g/mol. The average molecular weight is 304 g/mol. The van der Waals surface area contributed by atoms with Crippen LogP contribution in [-0.4, -0.2) is 6.29 Å². The molecule has 4 N–H and O–H groups in total.